The van der Waals surface area contributed by atoms with E-state index < -0.39 is 0 Å². The number of hydrogen-bond donors (Lipinski definition) is 0. The molecule has 0 atom stereocenters. The van der Waals surface area contributed by atoms with Gasteiger partial charge in [0.15, 0.2) is 6.61 Å². The monoisotopic (exact) mass is 427 g/mol. The summed E-state index contributed by atoms with van der Waals surface area (Å²) in [6.07, 6.45) is 0. The fraction of sp³-hybridized carbons (Fsp3) is 0.263. The average Bonchev–Trinajstić information content (AvgIpc) is 2.69. The number of carbonyl (C=O) groups excluding carboxylic acids is 2. The van der Waals surface area contributed by atoms with Gasteiger partial charge in [-0.1, -0.05) is 53.0 Å². The second kappa shape index (κ2) is 8.93. The predicted octanol–water partition coefficient (Wildman–Crippen LogP) is 4.38. The lowest BCUT2D eigenvalue weighted by Gasteiger charge is -2.27. The van der Waals surface area contributed by atoms with Crippen LogP contribution in [-0.4, -0.2) is 49.5 Å². The van der Waals surface area contributed by atoms with Crippen molar-refractivity contribution in [2.45, 2.75) is 0 Å². The van der Waals surface area contributed by atoms with Gasteiger partial charge in [-0.05, 0) is 12.1 Å². The van der Waals surface area contributed by atoms with Gasteiger partial charge in [0.05, 0.1) is 33.8 Å². The van der Waals surface area contributed by atoms with Gasteiger partial charge in [-0.2, -0.15) is 0 Å². The molecule has 3 rings (SSSR count). The Morgan fingerprint density at radius 1 is 0.963 bits per heavy atom. The molecule has 2 aromatic rings. The largest absolute Gasteiger partial charge is 0.484 e. The smallest absolute Gasteiger partial charge is 0.254 e. The van der Waals surface area contributed by atoms with Crippen molar-refractivity contribution >= 4 is 46.5 Å². The number of benzene rings is 2. The number of morpholine rings is 1. The SMILES string of the molecule is O=C(COc1cc(Cl)c(Cl)cc1Cl)c1ccccc1C(=O)N1CCOCC1. The molecule has 1 fully saturated rings. The second-order valence-electron chi connectivity index (χ2n) is 5.86. The van der Waals surface area contributed by atoms with Crippen molar-refractivity contribution < 1.29 is 19.1 Å². The van der Waals surface area contributed by atoms with E-state index in [4.69, 9.17) is 44.3 Å². The Balaban J connectivity index is 1.75. The summed E-state index contributed by atoms with van der Waals surface area (Å²) >= 11 is 17.9. The first-order chi connectivity index (χ1) is 13.0. The first-order valence-electron chi connectivity index (χ1n) is 8.24. The number of hydrogen-bond acceptors (Lipinski definition) is 4. The van der Waals surface area contributed by atoms with Crippen LogP contribution in [0.5, 0.6) is 5.75 Å². The summed E-state index contributed by atoms with van der Waals surface area (Å²) in [4.78, 5) is 27.1. The normalized spacial score (nSPS) is 14.1. The summed E-state index contributed by atoms with van der Waals surface area (Å²) in [5.74, 6) is -0.291. The predicted molar refractivity (Wildman–Crippen MR) is 104 cm³/mol. The van der Waals surface area contributed by atoms with Crippen LogP contribution in [0, 0.1) is 0 Å². The van der Waals surface area contributed by atoms with Crippen LogP contribution in [0.2, 0.25) is 15.1 Å². The van der Waals surface area contributed by atoms with Crippen LogP contribution in [0.3, 0.4) is 0 Å². The number of ketones is 1. The fourth-order valence-corrected chi connectivity index (χ4v) is 3.28. The number of Topliss-reactive ketones (excluding diaryl/α,β-unsaturated/α-hetero) is 1. The fourth-order valence-electron chi connectivity index (χ4n) is 2.69. The van der Waals surface area contributed by atoms with E-state index in [1.807, 2.05) is 0 Å². The molecule has 0 radical (unpaired) electrons. The second-order valence-corrected chi connectivity index (χ2v) is 7.08. The van der Waals surface area contributed by atoms with E-state index in [0.717, 1.165) is 0 Å². The Bertz CT molecular complexity index is 866. The molecule has 0 aliphatic carbocycles. The Kier molecular flexibility index (Phi) is 6.60. The minimum Gasteiger partial charge on any atom is -0.484 e. The zero-order chi connectivity index (χ0) is 19.4. The number of amides is 1. The third-order valence-electron chi connectivity index (χ3n) is 4.09. The molecule has 0 spiro atoms. The Hall–Kier alpha value is -1.79. The van der Waals surface area contributed by atoms with Gasteiger partial charge in [-0.25, -0.2) is 0 Å². The molecule has 5 nitrogen and oxygen atoms in total. The van der Waals surface area contributed by atoms with Crippen LogP contribution >= 0.6 is 34.8 Å². The molecule has 1 amide bonds. The van der Waals surface area contributed by atoms with Gasteiger partial charge in [0.2, 0.25) is 5.78 Å². The molecular formula is C19H16Cl3NO4. The molecule has 0 aromatic heterocycles. The van der Waals surface area contributed by atoms with Gasteiger partial charge in [0, 0.05) is 24.7 Å². The average molecular weight is 429 g/mol. The first-order valence-corrected chi connectivity index (χ1v) is 9.37. The van der Waals surface area contributed by atoms with Crippen molar-refractivity contribution in [1.82, 2.24) is 4.90 Å². The molecule has 0 bridgehead atoms. The van der Waals surface area contributed by atoms with Crippen molar-refractivity contribution in [3.05, 3.63) is 62.6 Å². The maximum Gasteiger partial charge on any atom is 0.254 e. The Labute approximate surface area is 171 Å². The third kappa shape index (κ3) is 4.74. The van der Waals surface area contributed by atoms with Crippen molar-refractivity contribution in [3.63, 3.8) is 0 Å². The summed E-state index contributed by atoms with van der Waals surface area (Å²) in [7, 11) is 0. The van der Waals surface area contributed by atoms with E-state index in [-0.39, 0.29) is 34.1 Å². The number of nitrogens with zero attached hydrogens (tertiary/aromatic N) is 1. The quantitative estimate of drug-likeness (QED) is 0.524. The minimum atomic E-state index is -0.339. The summed E-state index contributed by atoms with van der Waals surface area (Å²) in [5.41, 5.74) is 0.637. The molecule has 0 unspecified atom stereocenters. The van der Waals surface area contributed by atoms with Gasteiger partial charge in [0.1, 0.15) is 5.75 Å². The van der Waals surface area contributed by atoms with Crippen molar-refractivity contribution in [1.29, 1.82) is 0 Å². The van der Waals surface area contributed by atoms with Gasteiger partial charge < -0.3 is 14.4 Å². The van der Waals surface area contributed by atoms with Crippen molar-refractivity contribution in [2.75, 3.05) is 32.9 Å². The van der Waals surface area contributed by atoms with Crippen LogP contribution in [0.25, 0.3) is 0 Å². The molecule has 2 aromatic carbocycles. The summed E-state index contributed by atoms with van der Waals surface area (Å²) in [6.45, 7) is 1.68. The highest BCUT2D eigenvalue weighted by molar-refractivity contribution is 6.43. The lowest BCUT2D eigenvalue weighted by Crippen LogP contribution is -2.41. The molecule has 8 heteroatoms. The molecular weight excluding hydrogens is 413 g/mol. The third-order valence-corrected chi connectivity index (χ3v) is 5.11. The molecule has 0 saturated carbocycles. The molecule has 1 aliphatic rings. The van der Waals surface area contributed by atoms with E-state index in [2.05, 4.69) is 0 Å². The summed E-state index contributed by atoms with van der Waals surface area (Å²) < 4.78 is 10.8. The van der Waals surface area contributed by atoms with Crippen LogP contribution in [0.1, 0.15) is 20.7 Å². The maximum atomic E-state index is 12.8. The summed E-state index contributed by atoms with van der Waals surface area (Å²) in [5, 5.41) is 0.808. The number of halogens is 3. The summed E-state index contributed by atoms with van der Waals surface area (Å²) in [6, 6.07) is 9.56. The van der Waals surface area contributed by atoms with E-state index in [1.54, 1.807) is 29.2 Å². The zero-order valence-electron chi connectivity index (χ0n) is 14.2. The van der Waals surface area contributed by atoms with Crippen molar-refractivity contribution in [2.24, 2.45) is 0 Å². The molecule has 1 heterocycles. The number of rotatable bonds is 5. The van der Waals surface area contributed by atoms with Gasteiger partial charge in [0.25, 0.3) is 5.91 Å². The molecule has 142 valence electrons. The standard InChI is InChI=1S/C19H16Cl3NO4/c20-14-9-16(22)18(10-15(14)21)27-11-17(24)12-3-1-2-4-13(12)19(25)23-5-7-26-8-6-23/h1-4,9-10H,5-8,11H2. The first kappa shape index (κ1) is 20.0. The molecule has 1 saturated heterocycles. The van der Waals surface area contributed by atoms with Crippen LogP contribution in [-0.2, 0) is 4.74 Å². The van der Waals surface area contributed by atoms with Gasteiger partial charge in [-0.3, -0.25) is 9.59 Å². The minimum absolute atomic E-state index is 0.199. The lowest BCUT2D eigenvalue weighted by molar-refractivity contribution is 0.0301. The van der Waals surface area contributed by atoms with Gasteiger partial charge >= 0.3 is 0 Å². The Morgan fingerprint density at radius 2 is 1.59 bits per heavy atom. The van der Waals surface area contributed by atoms with Crippen LogP contribution in [0.15, 0.2) is 36.4 Å². The molecule has 27 heavy (non-hydrogen) atoms. The van der Waals surface area contributed by atoms with E-state index in [9.17, 15) is 9.59 Å². The highest BCUT2D eigenvalue weighted by atomic mass is 35.5. The highest BCUT2D eigenvalue weighted by Gasteiger charge is 2.23. The van der Waals surface area contributed by atoms with Crippen LogP contribution in [0.4, 0.5) is 0 Å². The van der Waals surface area contributed by atoms with Crippen LogP contribution < -0.4 is 4.74 Å². The lowest BCUT2D eigenvalue weighted by atomic mass is 10.0. The maximum absolute atomic E-state index is 12.8. The van der Waals surface area contributed by atoms with Crippen molar-refractivity contribution in [3.8, 4) is 5.75 Å². The number of carbonyl (C=O) groups is 2. The van der Waals surface area contributed by atoms with E-state index in [1.165, 1.54) is 12.1 Å². The highest BCUT2D eigenvalue weighted by Crippen LogP contribution is 2.33. The van der Waals surface area contributed by atoms with Gasteiger partial charge in [-0.15, -0.1) is 0 Å². The number of ether oxygens (including phenoxy) is 2. The molecule has 0 N–H and O–H groups in total. The Morgan fingerprint density at radius 3 is 2.30 bits per heavy atom. The van der Waals surface area contributed by atoms with E-state index >= 15 is 0 Å². The van der Waals surface area contributed by atoms with E-state index in [0.29, 0.717) is 42.5 Å². The zero-order valence-corrected chi connectivity index (χ0v) is 16.5. The molecule has 1 aliphatic heterocycles. The topological polar surface area (TPSA) is 55.8 Å².